The lowest BCUT2D eigenvalue weighted by atomic mass is 9.95. The molecule has 0 saturated heterocycles. The third-order valence-electron chi connectivity index (χ3n) is 6.61. The standard InChI is InChI=1S/C28H26N2O6S/c1-34-18-7-8-20-19(14-18)17(15-29-20)10-11-30-25(16-6-9-21(35-2)22(13-16)36-3)24(27(32)28(30)33)26(31)23-5-4-12-37-23/h4-9,12-15,25,29,32H,10-11H2,1-3H3/t25-/m1/s1. The van der Waals surface area contributed by atoms with E-state index < -0.39 is 17.7 Å². The third-order valence-corrected chi connectivity index (χ3v) is 7.48. The summed E-state index contributed by atoms with van der Waals surface area (Å²) in [5.41, 5.74) is 2.63. The van der Waals surface area contributed by atoms with Crippen LogP contribution in [0.25, 0.3) is 10.9 Å². The summed E-state index contributed by atoms with van der Waals surface area (Å²) in [5, 5.41) is 13.7. The number of hydrogen-bond acceptors (Lipinski definition) is 7. The van der Waals surface area contributed by atoms with Crippen molar-refractivity contribution in [3.05, 3.63) is 87.4 Å². The van der Waals surface area contributed by atoms with E-state index in [1.165, 1.54) is 30.5 Å². The zero-order valence-electron chi connectivity index (χ0n) is 20.6. The fraction of sp³-hybridized carbons (Fsp3) is 0.214. The molecule has 9 heteroatoms. The minimum absolute atomic E-state index is 0.0558. The van der Waals surface area contributed by atoms with Crippen LogP contribution in [-0.2, 0) is 11.2 Å². The number of carbonyl (C=O) groups is 2. The summed E-state index contributed by atoms with van der Waals surface area (Å²) in [4.78, 5) is 32.1. The Balaban J connectivity index is 1.54. The first kappa shape index (κ1) is 24.5. The summed E-state index contributed by atoms with van der Waals surface area (Å²) in [7, 11) is 4.68. The number of aliphatic hydroxyl groups is 1. The number of carbonyl (C=O) groups excluding carboxylic acids is 2. The van der Waals surface area contributed by atoms with E-state index >= 15 is 0 Å². The molecule has 0 bridgehead atoms. The van der Waals surface area contributed by atoms with Crippen molar-refractivity contribution < 1.29 is 28.9 Å². The van der Waals surface area contributed by atoms with Gasteiger partial charge in [0.25, 0.3) is 5.91 Å². The molecule has 1 amide bonds. The van der Waals surface area contributed by atoms with Crippen molar-refractivity contribution in [2.24, 2.45) is 0 Å². The molecule has 0 spiro atoms. The van der Waals surface area contributed by atoms with Gasteiger partial charge in [-0.25, -0.2) is 0 Å². The highest BCUT2D eigenvalue weighted by Crippen LogP contribution is 2.42. The maximum absolute atomic E-state index is 13.5. The Morgan fingerprint density at radius 3 is 2.57 bits per heavy atom. The summed E-state index contributed by atoms with van der Waals surface area (Å²) in [6.07, 6.45) is 2.40. The van der Waals surface area contributed by atoms with Crippen LogP contribution in [0.2, 0.25) is 0 Å². The largest absolute Gasteiger partial charge is 0.503 e. The van der Waals surface area contributed by atoms with Crippen molar-refractivity contribution in [3.63, 3.8) is 0 Å². The number of fused-ring (bicyclic) bond motifs is 1. The molecule has 1 aliphatic heterocycles. The van der Waals surface area contributed by atoms with E-state index in [1.807, 2.05) is 24.4 Å². The second-order valence-electron chi connectivity index (χ2n) is 8.56. The number of hydrogen-bond donors (Lipinski definition) is 2. The minimum Gasteiger partial charge on any atom is -0.503 e. The number of aromatic amines is 1. The lowest BCUT2D eigenvalue weighted by Gasteiger charge is -2.27. The van der Waals surface area contributed by atoms with Gasteiger partial charge in [0.05, 0.1) is 37.8 Å². The van der Waals surface area contributed by atoms with Gasteiger partial charge in [0.2, 0.25) is 5.78 Å². The first-order valence-corrected chi connectivity index (χ1v) is 12.5. The quantitative estimate of drug-likeness (QED) is 0.300. The van der Waals surface area contributed by atoms with Gasteiger partial charge < -0.3 is 29.2 Å². The molecule has 0 aliphatic carbocycles. The predicted molar refractivity (Wildman–Crippen MR) is 141 cm³/mol. The van der Waals surface area contributed by atoms with E-state index in [9.17, 15) is 14.7 Å². The van der Waals surface area contributed by atoms with Gasteiger partial charge in [0.15, 0.2) is 17.3 Å². The smallest absolute Gasteiger partial charge is 0.290 e. The van der Waals surface area contributed by atoms with E-state index in [2.05, 4.69) is 4.98 Å². The number of rotatable bonds is 9. The van der Waals surface area contributed by atoms with Crippen LogP contribution in [0, 0.1) is 0 Å². The van der Waals surface area contributed by atoms with Crippen LogP contribution in [-0.4, -0.2) is 54.6 Å². The Morgan fingerprint density at radius 2 is 1.86 bits per heavy atom. The summed E-state index contributed by atoms with van der Waals surface area (Å²) in [5.74, 6) is 0.229. The van der Waals surface area contributed by atoms with Gasteiger partial charge in [-0.1, -0.05) is 12.1 Å². The summed E-state index contributed by atoms with van der Waals surface area (Å²) in [6, 6.07) is 13.7. The van der Waals surface area contributed by atoms with Gasteiger partial charge in [-0.15, -0.1) is 11.3 Å². The van der Waals surface area contributed by atoms with Gasteiger partial charge >= 0.3 is 0 Å². The molecule has 0 saturated carbocycles. The molecule has 0 unspecified atom stereocenters. The molecule has 0 fully saturated rings. The monoisotopic (exact) mass is 518 g/mol. The number of Topliss-reactive ketones (excluding diaryl/α,β-unsaturated/α-hetero) is 1. The number of amides is 1. The van der Waals surface area contributed by atoms with Crippen molar-refractivity contribution in [2.45, 2.75) is 12.5 Å². The van der Waals surface area contributed by atoms with Crippen molar-refractivity contribution in [1.82, 2.24) is 9.88 Å². The number of nitrogens with zero attached hydrogens (tertiary/aromatic N) is 1. The molecule has 3 heterocycles. The zero-order valence-corrected chi connectivity index (χ0v) is 21.4. The van der Waals surface area contributed by atoms with Crippen LogP contribution in [0.4, 0.5) is 0 Å². The van der Waals surface area contributed by atoms with Gasteiger partial charge in [-0.2, -0.15) is 0 Å². The highest BCUT2D eigenvalue weighted by atomic mass is 32.1. The lowest BCUT2D eigenvalue weighted by molar-refractivity contribution is -0.129. The van der Waals surface area contributed by atoms with Crippen LogP contribution >= 0.6 is 11.3 Å². The lowest BCUT2D eigenvalue weighted by Crippen LogP contribution is -2.33. The van der Waals surface area contributed by atoms with Crippen molar-refractivity contribution >= 4 is 33.9 Å². The van der Waals surface area contributed by atoms with Gasteiger partial charge in [-0.3, -0.25) is 9.59 Å². The summed E-state index contributed by atoms with van der Waals surface area (Å²) in [6.45, 7) is 0.271. The molecule has 2 aromatic heterocycles. The fourth-order valence-corrected chi connectivity index (χ4v) is 5.44. The Morgan fingerprint density at radius 1 is 1.05 bits per heavy atom. The molecule has 37 heavy (non-hydrogen) atoms. The average molecular weight is 519 g/mol. The minimum atomic E-state index is -0.790. The second-order valence-corrected chi connectivity index (χ2v) is 9.51. The van der Waals surface area contributed by atoms with E-state index in [0.717, 1.165) is 22.2 Å². The Bertz CT molecular complexity index is 1500. The topological polar surface area (TPSA) is 101 Å². The number of aliphatic hydroxyl groups excluding tert-OH is 1. The molecule has 2 aromatic carbocycles. The number of H-pyrrole nitrogens is 1. The van der Waals surface area contributed by atoms with E-state index in [1.54, 1.807) is 42.8 Å². The molecular formula is C28H26N2O6S. The van der Waals surface area contributed by atoms with Gasteiger partial charge in [-0.05, 0) is 59.3 Å². The number of nitrogens with one attached hydrogen (secondary N) is 1. The Hall–Kier alpha value is -4.24. The first-order valence-electron chi connectivity index (χ1n) is 11.6. The van der Waals surface area contributed by atoms with E-state index in [0.29, 0.717) is 28.4 Å². The first-order chi connectivity index (χ1) is 18.0. The second kappa shape index (κ2) is 10.0. The molecule has 0 radical (unpaired) electrons. The highest BCUT2D eigenvalue weighted by molar-refractivity contribution is 7.12. The molecule has 4 aromatic rings. The summed E-state index contributed by atoms with van der Waals surface area (Å²) < 4.78 is 16.2. The predicted octanol–water partition coefficient (Wildman–Crippen LogP) is 5.08. The maximum Gasteiger partial charge on any atom is 0.290 e. The van der Waals surface area contributed by atoms with Crippen LogP contribution in [0.1, 0.15) is 26.8 Å². The molecule has 1 atom stereocenters. The van der Waals surface area contributed by atoms with Gasteiger partial charge in [0, 0.05) is 23.6 Å². The van der Waals surface area contributed by atoms with Crippen molar-refractivity contribution in [3.8, 4) is 17.2 Å². The fourth-order valence-electron chi connectivity index (χ4n) is 4.76. The van der Waals surface area contributed by atoms with Crippen LogP contribution < -0.4 is 14.2 Å². The summed E-state index contributed by atoms with van der Waals surface area (Å²) >= 11 is 1.26. The van der Waals surface area contributed by atoms with Crippen molar-refractivity contribution in [2.75, 3.05) is 27.9 Å². The number of methoxy groups -OCH3 is 3. The molecule has 5 rings (SSSR count). The Labute approximate surface area is 217 Å². The normalized spacial score (nSPS) is 15.5. The Kier molecular flexibility index (Phi) is 6.62. The number of ketones is 1. The maximum atomic E-state index is 13.5. The van der Waals surface area contributed by atoms with E-state index in [4.69, 9.17) is 14.2 Å². The molecule has 2 N–H and O–H groups in total. The molecule has 1 aliphatic rings. The molecule has 190 valence electrons. The van der Waals surface area contributed by atoms with Crippen LogP contribution in [0.5, 0.6) is 17.2 Å². The van der Waals surface area contributed by atoms with Crippen LogP contribution in [0.15, 0.2) is 71.4 Å². The number of thiophene rings is 1. The molecular weight excluding hydrogens is 492 g/mol. The SMILES string of the molecule is COc1ccc2[nH]cc(CCN3C(=O)C(O)=C(C(=O)c4cccs4)[C@H]3c3ccc(OC)c(OC)c3)c2c1. The highest BCUT2D eigenvalue weighted by Gasteiger charge is 2.44. The van der Waals surface area contributed by atoms with Gasteiger partial charge in [0.1, 0.15) is 5.75 Å². The number of ether oxygens (including phenoxy) is 3. The zero-order chi connectivity index (χ0) is 26.1. The van der Waals surface area contributed by atoms with Crippen LogP contribution in [0.3, 0.4) is 0 Å². The third kappa shape index (κ3) is 4.31. The number of aromatic nitrogens is 1. The molecule has 8 nitrogen and oxygen atoms in total. The van der Waals surface area contributed by atoms with Crippen molar-refractivity contribution in [1.29, 1.82) is 0 Å². The van der Waals surface area contributed by atoms with E-state index in [-0.39, 0.29) is 17.9 Å². The average Bonchev–Trinajstić information content (AvgIpc) is 3.66. The number of benzene rings is 2.